The summed E-state index contributed by atoms with van der Waals surface area (Å²) in [4.78, 5) is 0. The van der Waals surface area contributed by atoms with Crippen molar-refractivity contribution in [2.24, 2.45) is 0 Å². The van der Waals surface area contributed by atoms with Crippen LogP contribution in [-0.4, -0.2) is 26.4 Å². The van der Waals surface area contributed by atoms with Gasteiger partial charge in [0.1, 0.15) is 5.75 Å². The number of nitrogens with one attached hydrogen (secondary N) is 1. The summed E-state index contributed by atoms with van der Waals surface area (Å²) >= 11 is 0. The van der Waals surface area contributed by atoms with Crippen molar-refractivity contribution in [2.45, 2.75) is 39.0 Å². The number of methoxy groups -OCH3 is 2. The van der Waals surface area contributed by atoms with E-state index in [-0.39, 0.29) is 6.10 Å². The minimum absolute atomic E-state index is 0.204. The van der Waals surface area contributed by atoms with Crippen LogP contribution in [0.15, 0.2) is 24.3 Å². The van der Waals surface area contributed by atoms with E-state index in [0.29, 0.717) is 12.1 Å². The molecule has 0 aliphatic heterocycles. The van der Waals surface area contributed by atoms with Crippen LogP contribution in [0.3, 0.4) is 0 Å². The Hall–Kier alpha value is -1.06. The van der Waals surface area contributed by atoms with Crippen molar-refractivity contribution >= 4 is 0 Å². The van der Waals surface area contributed by atoms with Gasteiger partial charge in [0.05, 0.1) is 13.2 Å². The van der Waals surface area contributed by atoms with Gasteiger partial charge in [-0.1, -0.05) is 12.1 Å². The summed E-state index contributed by atoms with van der Waals surface area (Å²) in [5, 5.41) is 3.52. The zero-order valence-corrected chi connectivity index (χ0v) is 11.4. The van der Waals surface area contributed by atoms with Gasteiger partial charge in [0.25, 0.3) is 0 Å². The van der Waals surface area contributed by atoms with Gasteiger partial charge in [-0.25, -0.2) is 0 Å². The van der Waals surface area contributed by atoms with Crippen molar-refractivity contribution in [1.29, 1.82) is 0 Å². The Kier molecular flexibility index (Phi) is 5.45. The molecule has 3 atom stereocenters. The highest BCUT2D eigenvalue weighted by Crippen LogP contribution is 2.18. The molecule has 0 bridgehead atoms. The Morgan fingerprint density at radius 2 is 1.59 bits per heavy atom. The Bertz CT molecular complexity index is 323. The van der Waals surface area contributed by atoms with Crippen LogP contribution in [0.4, 0.5) is 0 Å². The van der Waals surface area contributed by atoms with E-state index in [9.17, 15) is 0 Å². The summed E-state index contributed by atoms with van der Waals surface area (Å²) in [6.07, 6.45) is 0.204. The van der Waals surface area contributed by atoms with E-state index in [1.54, 1.807) is 14.2 Å². The number of benzene rings is 1. The molecule has 3 heteroatoms. The molecule has 0 aliphatic carbocycles. The summed E-state index contributed by atoms with van der Waals surface area (Å²) in [5.41, 5.74) is 1.25. The molecule has 0 amide bonds. The number of hydrogen-bond acceptors (Lipinski definition) is 3. The SMILES string of the molecule is COc1ccc(C(C)NC(C)C(C)OC)cc1. The Balaban J connectivity index is 2.59. The molecule has 0 spiro atoms. The molecule has 0 radical (unpaired) electrons. The van der Waals surface area contributed by atoms with Crippen LogP contribution >= 0.6 is 0 Å². The number of rotatable bonds is 6. The van der Waals surface area contributed by atoms with E-state index < -0.39 is 0 Å². The van der Waals surface area contributed by atoms with Gasteiger partial charge >= 0.3 is 0 Å². The highest BCUT2D eigenvalue weighted by Gasteiger charge is 2.14. The first-order valence-corrected chi connectivity index (χ1v) is 6.01. The molecule has 0 saturated carbocycles. The molecular formula is C14H23NO2. The molecule has 0 aliphatic rings. The van der Waals surface area contributed by atoms with Crippen molar-refractivity contribution in [3.8, 4) is 5.75 Å². The van der Waals surface area contributed by atoms with Crippen molar-refractivity contribution in [3.05, 3.63) is 29.8 Å². The van der Waals surface area contributed by atoms with Crippen LogP contribution in [0.5, 0.6) is 5.75 Å². The lowest BCUT2D eigenvalue weighted by Gasteiger charge is -2.24. The van der Waals surface area contributed by atoms with Gasteiger partial charge in [0, 0.05) is 19.2 Å². The van der Waals surface area contributed by atoms with Crippen LogP contribution in [0.1, 0.15) is 32.4 Å². The van der Waals surface area contributed by atoms with Gasteiger partial charge in [0.2, 0.25) is 0 Å². The second kappa shape index (κ2) is 6.62. The lowest BCUT2D eigenvalue weighted by molar-refractivity contribution is 0.0852. The maximum absolute atomic E-state index is 5.30. The summed E-state index contributed by atoms with van der Waals surface area (Å²) in [7, 11) is 3.42. The van der Waals surface area contributed by atoms with Crippen LogP contribution < -0.4 is 10.1 Å². The van der Waals surface area contributed by atoms with Crippen LogP contribution in [0.2, 0.25) is 0 Å². The third-order valence-corrected chi connectivity index (χ3v) is 3.20. The van der Waals surface area contributed by atoms with Crippen molar-refractivity contribution in [1.82, 2.24) is 5.32 Å². The predicted octanol–water partition coefficient (Wildman–Crippen LogP) is 2.77. The lowest BCUT2D eigenvalue weighted by Crippen LogP contribution is -2.38. The molecule has 1 N–H and O–H groups in total. The molecule has 1 aromatic carbocycles. The first-order valence-electron chi connectivity index (χ1n) is 6.01. The third-order valence-electron chi connectivity index (χ3n) is 3.20. The van der Waals surface area contributed by atoms with Crippen LogP contribution in [0.25, 0.3) is 0 Å². The average molecular weight is 237 g/mol. The summed E-state index contributed by atoms with van der Waals surface area (Å²) in [6.45, 7) is 6.35. The van der Waals surface area contributed by atoms with Crippen molar-refractivity contribution < 1.29 is 9.47 Å². The number of hydrogen-bond donors (Lipinski definition) is 1. The predicted molar refractivity (Wildman–Crippen MR) is 70.5 cm³/mol. The first kappa shape index (κ1) is 14.0. The lowest BCUT2D eigenvalue weighted by atomic mass is 10.1. The molecule has 0 heterocycles. The van der Waals surface area contributed by atoms with Gasteiger partial charge in [0.15, 0.2) is 0 Å². The van der Waals surface area contributed by atoms with Gasteiger partial charge in [-0.05, 0) is 38.5 Å². The fraction of sp³-hybridized carbons (Fsp3) is 0.571. The third kappa shape index (κ3) is 4.02. The quantitative estimate of drug-likeness (QED) is 0.825. The van der Waals surface area contributed by atoms with Gasteiger partial charge in [-0.3, -0.25) is 0 Å². The minimum Gasteiger partial charge on any atom is -0.497 e. The molecule has 17 heavy (non-hydrogen) atoms. The zero-order chi connectivity index (χ0) is 12.8. The topological polar surface area (TPSA) is 30.5 Å². The Labute approximate surface area is 104 Å². The average Bonchev–Trinajstić information content (AvgIpc) is 2.37. The summed E-state index contributed by atoms with van der Waals surface area (Å²) in [5.74, 6) is 0.888. The molecule has 0 fully saturated rings. The molecule has 1 aromatic rings. The molecule has 0 saturated heterocycles. The normalized spacial score (nSPS) is 16.3. The molecule has 1 rings (SSSR count). The summed E-state index contributed by atoms with van der Waals surface area (Å²) in [6, 6.07) is 8.75. The van der Waals surface area contributed by atoms with Gasteiger partial charge < -0.3 is 14.8 Å². The molecule has 3 nitrogen and oxygen atoms in total. The van der Waals surface area contributed by atoms with E-state index in [1.165, 1.54) is 5.56 Å². The highest BCUT2D eigenvalue weighted by atomic mass is 16.5. The van der Waals surface area contributed by atoms with E-state index >= 15 is 0 Å². The van der Waals surface area contributed by atoms with Crippen molar-refractivity contribution in [2.75, 3.05) is 14.2 Å². The fourth-order valence-electron chi connectivity index (χ4n) is 1.72. The molecular weight excluding hydrogens is 214 g/mol. The maximum atomic E-state index is 5.30. The zero-order valence-electron chi connectivity index (χ0n) is 11.4. The highest BCUT2D eigenvalue weighted by molar-refractivity contribution is 5.28. The van der Waals surface area contributed by atoms with Crippen LogP contribution in [-0.2, 0) is 4.74 Å². The molecule has 96 valence electrons. The Morgan fingerprint density at radius 1 is 1.00 bits per heavy atom. The van der Waals surface area contributed by atoms with E-state index in [4.69, 9.17) is 9.47 Å². The number of ether oxygens (including phenoxy) is 2. The first-order chi connectivity index (χ1) is 8.08. The van der Waals surface area contributed by atoms with Gasteiger partial charge in [-0.2, -0.15) is 0 Å². The molecule has 3 unspecified atom stereocenters. The van der Waals surface area contributed by atoms with E-state index in [1.807, 2.05) is 12.1 Å². The second-order valence-electron chi connectivity index (χ2n) is 4.39. The fourth-order valence-corrected chi connectivity index (χ4v) is 1.72. The summed E-state index contributed by atoms with van der Waals surface area (Å²) < 4.78 is 10.4. The van der Waals surface area contributed by atoms with Crippen molar-refractivity contribution in [3.63, 3.8) is 0 Å². The van der Waals surface area contributed by atoms with Gasteiger partial charge in [-0.15, -0.1) is 0 Å². The standard InChI is InChI=1S/C14H23NO2/c1-10(12(3)16-4)15-11(2)13-6-8-14(17-5)9-7-13/h6-12,15H,1-5H3. The Morgan fingerprint density at radius 3 is 2.06 bits per heavy atom. The van der Waals surface area contributed by atoms with Crippen LogP contribution in [0, 0.1) is 0 Å². The van der Waals surface area contributed by atoms with E-state index in [0.717, 1.165) is 5.75 Å². The maximum Gasteiger partial charge on any atom is 0.118 e. The largest absolute Gasteiger partial charge is 0.497 e. The van der Waals surface area contributed by atoms with E-state index in [2.05, 4.69) is 38.2 Å². The second-order valence-corrected chi connectivity index (χ2v) is 4.39. The minimum atomic E-state index is 0.204. The smallest absolute Gasteiger partial charge is 0.118 e. The molecule has 0 aromatic heterocycles. The monoisotopic (exact) mass is 237 g/mol.